The monoisotopic (exact) mass is 382 g/mol. The maximum absolute atomic E-state index is 13.5. The zero-order chi connectivity index (χ0) is 18.3. The average molecular weight is 383 g/mol. The van der Waals surface area contributed by atoms with Crippen LogP contribution in [0.3, 0.4) is 0 Å². The molecule has 1 amide bonds. The molecule has 4 nitrogen and oxygen atoms in total. The fourth-order valence-electron chi connectivity index (χ4n) is 4.84. The van der Waals surface area contributed by atoms with E-state index in [1.807, 2.05) is 29.5 Å². The Hall–Kier alpha value is -1.69. The van der Waals surface area contributed by atoms with Gasteiger partial charge in [0, 0.05) is 50.3 Å². The molecule has 0 saturated carbocycles. The van der Waals surface area contributed by atoms with Crippen molar-refractivity contribution < 1.29 is 9.53 Å². The molecule has 1 aromatic heterocycles. The zero-order valence-corrected chi connectivity index (χ0v) is 16.4. The van der Waals surface area contributed by atoms with Gasteiger partial charge in [-0.05, 0) is 41.8 Å². The first-order chi connectivity index (χ1) is 13.3. The van der Waals surface area contributed by atoms with Gasteiger partial charge in [-0.15, -0.1) is 11.3 Å². The van der Waals surface area contributed by atoms with Crippen LogP contribution in [0.5, 0.6) is 0 Å². The van der Waals surface area contributed by atoms with E-state index in [2.05, 4.69) is 33.4 Å². The van der Waals surface area contributed by atoms with Crippen LogP contribution in [0.1, 0.15) is 28.8 Å². The standard InChI is InChI=1S/C22H26N2O2S/c25-21(22(8-11-26-12-9-22)18-4-2-1-3-5-18)24-15-19(16-24)23-10-6-20-17(14-23)7-13-27-20/h1-5,7,13,19H,6,8-12,14-16H2. The van der Waals surface area contributed by atoms with Gasteiger partial charge in [0.05, 0.1) is 5.41 Å². The second-order valence-electron chi connectivity index (χ2n) is 8.01. The van der Waals surface area contributed by atoms with Gasteiger partial charge in [-0.3, -0.25) is 9.69 Å². The van der Waals surface area contributed by atoms with Crippen molar-refractivity contribution in [3.63, 3.8) is 0 Å². The molecule has 5 rings (SSSR count). The molecule has 2 fully saturated rings. The molecule has 1 aromatic carbocycles. The number of carbonyl (C=O) groups is 1. The quantitative estimate of drug-likeness (QED) is 0.818. The van der Waals surface area contributed by atoms with Crippen molar-refractivity contribution in [2.75, 3.05) is 32.8 Å². The van der Waals surface area contributed by atoms with Gasteiger partial charge in [-0.2, -0.15) is 0 Å². The number of hydrogen-bond donors (Lipinski definition) is 0. The molecule has 3 aliphatic rings. The Labute approximate surface area is 164 Å². The van der Waals surface area contributed by atoms with Crippen LogP contribution in [-0.4, -0.2) is 54.6 Å². The molecule has 0 bridgehead atoms. The largest absolute Gasteiger partial charge is 0.381 e. The number of fused-ring (bicyclic) bond motifs is 1. The van der Waals surface area contributed by atoms with E-state index >= 15 is 0 Å². The summed E-state index contributed by atoms with van der Waals surface area (Å²) in [6.45, 7) is 5.25. The van der Waals surface area contributed by atoms with Crippen molar-refractivity contribution in [3.05, 3.63) is 57.8 Å². The molecule has 142 valence electrons. The second kappa shape index (κ2) is 7.04. The highest BCUT2D eigenvalue weighted by atomic mass is 32.1. The Morgan fingerprint density at radius 1 is 1.11 bits per heavy atom. The fraction of sp³-hybridized carbons (Fsp3) is 0.500. The number of likely N-dealkylation sites (tertiary alicyclic amines) is 1. The zero-order valence-electron chi connectivity index (χ0n) is 15.6. The van der Waals surface area contributed by atoms with E-state index in [0.29, 0.717) is 25.2 Å². The average Bonchev–Trinajstić information content (AvgIpc) is 3.16. The van der Waals surface area contributed by atoms with Crippen LogP contribution in [0.4, 0.5) is 0 Å². The molecular weight excluding hydrogens is 356 g/mol. The van der Waals surface area contributed by atoms with E-state index in [9.17, 15) is 4.79 Å². The summed E-state index contributed by atoms with van der Waals surface area (Å²) in [5.41, 5.74) is 2.25. The number of benzene rings is 1. The Morgan fingerprint density at radius 3 is 2.67 bits per heavy atom. The molecule has 5 heteroatoms. The minimum atomic E-state index is -0.396. The highest BCUT2D eigenvalue weighted by Gasteiger charge is 2.47. The summed E-state index contributed by atoms with van der Waals surface area (Å²) in [6, 6.07) is 13.1. The van der Waals surface area contributed by atoms with Crippen LogP contribution < -0.4 is 0 Å². The molecule has 27 heavy (non-hydrogen) atoms. The van der Waals surface area contributed by atoms with Crippen molar-refractivity contribution >= 4 is 17.2 Å². The number of hydrogen-bond acceptors (Lipinski definition) is 4. The lowest BCUT2D eigenvalue weighted by atomic mass is 9.72. The van der Waals surface area contributed by atoms with Crippen LogP contribution in [0, 0.1) is 0 Å². The predicted octanol–water partition coefficient (Wildman–Crippen LogP) is 3.07. The van der Waals surface area contributed by atoms with Crippen LogP contribution in [0.15, 0.2) is 41.8 Å². The smallest absolute Gasteiger partial charge is 0.233 e. The fourth-order valence-corrected chi connectivity index (χ4v) is 5.73. The van der Waals surface area contributed by atoms with Gasteiger partial charge in [0.25, 0.3) is 0 Å². The normalized spacial score (nSPS) is 22.9. The summed E-state index contributed by atoms with van der Waals surface area (Å²) in [5, 5.41) is 2.21. The number of carbonyl (C=O) groups excluding carboxylic acids is 1. The van der Waals surface area contributed by atoms with Crippen LogP contribution in [0.2, 0.25) is 0 Å². The van der Waals surface area contributed by atoms with Gasteiger partial charge in [0.1, 0.15) is 0 Å². The van der Waals surface area contributed by atoms with Crippen molar-refractivity contribution in [3.8, 4) is 0 Å². The van der Waals surface area contributed by atoms with Crippen molar-refractivity contribution in [2.24, 2.45) is 0 Å². The highest BCUT2D eigenvalue weighted by molar-refractivity contribution is 7.10. The lowest BCUT2D eigenvalue weighted by Gasteiger charge is -2.50. The minimum Gasteiger partial charge on any atom is -0.381 e. The third-order valence-corrected chi connectivity index (χ3v) is 7.61. The number of rotatable bonds is 3. The van der Waals surface area contributed by atoms with Gasteiger partial charge >= 0.3 is 0 Å². The first-order valence-electron chi connectivity index (χ1n) is 9.98. The SMILES string of the molecule is O=C(N1CC(N2CCc3sccc3C2)C1)C1(c2ccccc2)CCOCC1. The third kappa shape index (κ3) is 3.02. The first-order valence-corrected chi connectivity index (χ1v) is 10.9. The lowest BCUT2D eigenvalue weighted by molar-refractivity contribution is -0.149. The maximum Gasteiger partial charge on any atom is 0.233 e. The van der Waals surface area contributed by atoms with E-state index in [1.54, 1.807) is 4.88 Å². The van der Waals surface area contributed by atoms with E-state index in [-0.39, 0.29) is 0 Å². The predicted molar refractivity (Wildman–Crippen MR) is 107 cm³/mol. The van der Waals surface area contributed by atoms with Gasteiger partial charge < -0.3 is 9.64 Å². The summed E-state index contributed by atoms with van der Waals surface area (Å²) >= 11 is 1.88. The minimum absolute atomic E-state index is 0.307. The van der Waals surface area contributed by atoms with E-state index in [4.69, 9.17) is 4.74 Å². The topological polar surface area (TPSA) is 32.8 Å². The van der Waals surface area contributed by atoms with E-state index < -0.39 is 5.41 Å². The van der Waals surface area contributed by atoms with Gasteiger partial charge in [0.15, 0.2) is 0 Å². The molecule has 2 aromatic rings. The summed E-state index contributed by atoms with van der Waals surface area (Å²) in [7, 11) is 0. The Kier molecular flexibility index (Phi) is 4.54. The van der Waals surface area contributed by atoms with Crippen molar-refractivity contribution in [2.45, 2.75) is 37.3 Å². The molecule has 0 aliphatic carbocycles. The molecule has 2 saturated heterocycles. The summed E-state index contributed by atoms with van der Waals surface area (Å²) in [4.78, 5) is 19.7. The molecule has 0 spiro atoms. The van der Waals surface area contributed by atoms with Crippen LogP contribution >= 0.6 is 11.3 Å². The van der Waals surface area contributed by atoms with Gasteiger partial charge in [-0.1, -0.05) is 30.3 Å². The Balaban J connectivity index is 1.29. The van der Waals surface area contributed by atoms with E-state index in [0.717, 1.165) is 51.0 Å². The molecule has 0 radical (unpaired) electrons. The van der Waals surface area contributed by atoms with Crippen LogP contribution in [0.25, 0.3) is 0 Å². The molecule has 0 unspecified atom stereocenters. The maximum atomic E-state index is 13.5. The summed E-state index contributed by atoms with van der Waals surface area (Å²) < 4.78 is 5.59. The van der Waals surface area contributed by atoms with E-state index in [1.165, 1.54) is 5.56 Å². The number of amides is 1. The van der Waals surface area contributed by atoms with Crippen molar-refractivity contribution in [1.29, 1.82) is 0 Å². The second-order valence-corrected chi connectivity index (χ2v) is 9.01. The third-order valence-electron chi connectivity index (χ3n) is 6.59. The number of nitrogens with zero attached hydrogens (tertiary/aromatic N) is 2. The summed E-state index contributed by atoms with van der Waals surface area (Å²) in [6.07, 6.45) is 2.74. The molecule has 4 heterocycles. The molecule has 3 aliphatic heterocycles. The Bertz CT molecular complexity index is 807. The van der Waals surface area contributed by atoms with Crippen LogP contribution in [-0.2, 0) is 27.9 Å². The molecule has 0 atom stereocenters. The number of ether oxygens (including phenoxy) is 1. The molecular formula is C22H26N2O2S. The Morgan fingerprint density at radius 2 is 1.89 bits per heavy atom. The lowest BCUT2D eigenvalue weighted by Crippen LogP contribution is -2.65. The molecule has 0 N–H and O–H groups in total. The first kappa shape index (κ1) is 17.4. The summed E-state index contributed by atoms with van der Waals surface area (Å²) in [5.74, 6) is 0.307. The number of thiophene rings is 1. The van der Waals surface area contributed by atoms with Gasteiger partial charge in [-0.25, -0.2) is 0 Å². The highest BCUT2D eigenvalue weighted by Crippen LogP contribution is 2.38. The van der Waals surface area contributed by atoms with Crippen molar-refractivity contribution in [1.82, 2.24) is 9.80 Å². The van der Waals surface area contributed by atoms with Gasteiger partial charge in [0.2, 0.25) is 5.91 Å².